The predicted molar refractivity (Wildman–Crippen MR) is 90.9 cm³/mol. The molecule has 2 aliphatic heterocycles. The first-order chi connectivity index (χ1) is 12.2. The molecule has 2 saturated heterocycles. The summed E-state index contributed by atoms with van der Waals surface area (Å²) >= 11 is 0. The van der Waals surface area contributed by atoms with Crippen LogP contribution in [0.25, 0.3) is 0 Å². The second-order valence-corrected chi connectivity index (χ2v) is 7.73. The molecule has 1 atom stereocenters. The Bertz CT molecular complexity index is 595. The topological polar surface area (TPSA) is 71.7 Å². The standard InChI is InChI=1S/C18H28N4O3/c1-13(23)22(12-17-19-18(25-20-17)15-2-3-15)16-4-7-21(11-16)10-14-5-8-24-9-6-14/h14-16H,2-12H2,1H3. The van der Waals surface area contributed by atoms with Crippen LogP contribution < -0.4 is 0 Å². The summed E-state index contributed by atoms with van der Waals surface area (Å²) in [6.45, 7) is 7.02. The smallest absolute Gasteiger partial charge is 0.229 e. The Labute approximate surface area is 148 Å². The molecule has 1 unspecified atom stereocenters. The molecule has 0 radical (unpaired) electrons. The summed E-state index contributed by atoms with van der Waals surface area (Å²) in [4.78, 5) is 21.1. The summed E-state index contributed by atoms with van der Waals surface area (Å²) in [5.74, 6) is 2.66. The number of ether oxygens (including phenoxy) is 1. The van der Waals surface area contributed by atoms with E-state index in [2.05, 4.69) is 15.0 Å². The Kier molecular flexibility index (Phi) is 5.03. The minimum absolute atomic E-state index is 0.0932. The second-order valence-electron chi connectivity index (χ2n) is 7.73. The number of hydrogen-bond acceptors (Lipinski definition) is 6. The summed E-state index contributed by atoms with van der Waals surface area (Å²) in [7, 11) is 0. The Morgan fingerprint density at radius 1 is 1.24 bits per heavy atom. The molecule has 25 heavy (non-hydrogen) atoms. The van der Waals surface area contributed by atoms with E-state index in [1.54, 1.807) is 6.92 Å². The zero-order chi connectivity index (χ0) is 17.2. The van der Waals surface area contributed by atoms with Gasteiger partial charge in [-0.15, -0.1) is 0 Å². The lowest BCUT2D eigenvalue weighted by Crippen LogP contribution is -2.41. The van der Waals surface area contributed by atoms with E-state index < -0.39 is 0 Å². The van der Waals surface area contributed by atoms with Gasteiger partial charge >= 0.3 is 0 Å². The lowest BCUT2D eigenvalue weighted by Gasteiger charge is -2.29. The number of carbonyl (C=O) groups excluding carboxylic acids is 1. The summed E-state index contributed by atoms with van der Waals surface area (Å²) in [6, 6.07) is 0.250. The zero-order valence-corrected chi connectivity index (χ0v) is 15.0. The van der Waals surface area contributed by atoms with Crippen molar-refractivity contribution in [1.82, 2.24) is 19.9 Å². The van der Waals surface area contributed by atoms with Gasteiger partial charge in [-0.1, -0.05) is 5.16 Å². The van der Waals surface area contributed by atoms with Crippen LogP contribution in [-0.4, -0.2) is 64.7 Å². The van der Waals surface area contributed by atoms with Crippen molar-refractivity contribution < 1.29 is 14.1 Å². The lowest BCUT2D eigenvalue weighted by atomic mass is 10.00. The van der Waals surface area contributed by atoms with Gasteiger partial charge in [0.15, 0.2) is 5.82 Å². The van der Waals surface area contributed by atoms with Crippen LogP contribution in [-0.2, 0) is 16.1 Å². The monoisotopic (exact) mass is 348 g/mol. The van der Waals surface area contributed by atoms with Gasteiger partial charge in [-0.2, -0.15) is 4.98 Å². The quantitative estimate of drug-likeness (QED) is 0.781. The first kappa shape index (κ1) is 17.0. The molecule has 4 rings (SSSR count). The highest BCUT2D eigenvalue weighted by atomic mass is 16.5. The van der Waals surface area contributed by atoms with Gasteiger partial charge in [0.1, 0.15) is 0 Å². The molecule has 3 heterocycles. The van der Waals surface area contributed by atoms with Crippen LogP contribution in [0.2, 0.25) is 0 Å². The van der Waals surface area contributed by atoms with Gasteiger partial charge in [0, 0.05) is 51.7 Å². The largest absolute Gasteiger partial charge is 0.381 e. The molecule has 0 N–H and O–H groups in total. The molecular formula is C18H28N4O3. The Balaban J connectivity index is 1.33. The molecule has 7 heteroatoms. The molecule has 0 spiro atoms. The third kappa shape index (κ3) is 4.20. The maximum absolute atomic E-state index is 12.2. The van der Waals surface area contributed by atoms with Crippen LogP contribution in [0.3, 0.4) is 0 Å². The van der Waals surface area contributed by atoms with Crippen molar-refractivity contribution in [2.24, 2.45) is 5.92 Å². The van der Waals surface area contributed by atoms with Crippen molar-refractivity contribution in [3.8, 4) is 0 Å². The highest BCUT2D eigenvalue weighted by molar-refractivity contribution is 5.73. The van der Waals surface area contributed by atoms with E-state index in [4.69, 9.17) is 9.26 Å². The van der Waals surface area contributed by atoms with E-state index in [0.29, 0.717) is 18.3 Å². The van der Waals surface area contributed by atoms with Gasteiger partial charge in [0.25, 0.3) is 0 Å². The first-order valence-corrected chi connectivity index (χ1v) is 9.59. The normalized spacial score (nSPS) is 25.4. The average molecular weight is 348 g/mol. The molecule has 1 aromatic rings. The molecule has 1 amide bonds. The minimum Gasteiger partial charge on any atom is -0.381 e. The molecule has 1 aliphatic carbocycles. The van der Waals surface area contributed by atoms with Crippen LogP contribution >= 0.6 is 0 Å². The Morgan fingerprint density at radius 2 is 2.04 bits per heavy atom. The molecule has 0 aromatic carbocycles. The predicted octanol–water partition coefficient (Wildman–Crippen LogP) is 1.80. The average Bonchev–Trinajstić information content (AvgIpc) is 3.18. The number of nitrogens with zero attached hydrogens (tertiary/aromatic N) is 4. The third-order valence-electron chi connectivity index (χ3n) is 5.67. The van der Waals surface area contributed by atoms with Gasteiger partial charge in [0.2, 0.25) is 11.8 Å². The second kappa shape index (κ2) is 7.41. The lowest BCUT2D eigenvalue weighted by molar-refractivity contribution is -0.131. The van der Waals surface area contributed by atoms with E-state index in [9.17, 15) is 4.79 Å². The van der Waals surface area contributed by atoms with E-state index in [0.717, 1.165) is 76.8 Å². The summed E-state index contributed by atoms with van der Waals surface area (Å²) < 4.78 is 10.8. The van der Waals surface area contributed by atoms with E-state index in [1.165, 1.54) is 0 Å². The molecule has 3 fully saturated rings. The van der Waals surface area contributed by atoms with Crippen molar-refractivity contribution in [3.05, 3.63) is 11.7 Å². The van der Waals surface area contributed by atoms with Crippen LogP contribution in [0.5, 0.6) is 0 Å². The van der Waals surface area contributed by atoms with Crippen LogP contribution in [0.1, 0.15) is 56.7 Å². The molecule has 7 nitrogen and oxygen atoms in total. The molecular weight excluding hydrogens is 320 g/mol. The number of hydrogen-bond donors (Lipinski definition) is 0. The summed E-state index contributed by atoms with van der Waals surface area (Å²) in [5, 5.41) is 4.08. The van der Waals surface area contributed by atoms with Gasteiger partial charge in [-0.25, -0.2) is 0 Å². The van der Waals surface area contributed by atoms with Crippen LogP contribution in [0.15, 0.2) is 4.52 Å². The van der Waals surface area contributed by atoms with Gasteiger partial charge < -0.3 is 19.1 Å². The van der Waals surface area contributed by atoms with Gasteiger partial charge in [-0.05, 0) is 38.0 Å². The zero-order valence-electron chi connectivity index (χ0n) is 15.0. The molecule has 138 valence electrons. The molecule has 3 aliphatic rings. The van der Waals surface area contributed by atoms with Crippen LogP contribution in [0.4, 0.5) is 0 Å². The molecule has 1 aromatic heterocycles. The fraction of sp³-hybridized carbons (Fsp3) is 0.833. The van der Waals surface area contributed by atoms with E-state index in [-0.39, 0.29) is 11.9 Å². The van der Waals surface area contributed by atoms with Crippen molar-refractivity contribution in [3.63, 3.8) is 0 Å². The van der Waals surface area contributed by atoms with Crippen molar-refractivity contribution >= 4 is 5.91 Å². The number of rotatable bonds is 6. The highest BCUT2D eigenvalue weighted by Crippen LogP contribution is 2.38. The fourth-order valence-corrected chi connectivity index (χ4v) is 4.00. The molecule has 0 bridgehead atoms. The SMILES string of the molecule is CC(=O)N(Cc1noc(C2CC2)n1)C1CCN(CC2CCOCC2)C1. The van der Waals surface area contributed by atoms with E-state index in [1.807, 2.05) is 4.90 Å². The number of likely N-dealkylation sites (tertiary alicyclic amines) is 1. The van der Waals surface area contributed by atoms with Crippen LogP contribution in [0, 0.1) is 5.92 Å². The maximum Gasteiger partial charge on any atom is 0.229 e. The van der Waals surface area contributed by atoms with Crippen molar-refractivity contribution in [2.75, 3.05) is 32.8 Å². The Morgan fingerprint density at radius 3 is 2.76 bits per heavy atom. The number of aromatic nitrogens is 2. The van der Waals surface area contributed by atoms with Crippen molar-refractivity contribution in [2.45, 2.75) is 57.5 Å². The van der Waals surface area contributed by atoms with Gasteiger partial charge in [-0.3, -0.25) is 4.79 Å². The van der Waals surface area contributed by atoms with Gasteiger partial charge in [0.05, 0.1) is 6.54 Å². The Hall–Kier alpha value is -1.47. The third-order valence-corrected chi connectivity index (χ3v) is 5.67. The maximum atomic E-state index is 12.2. The summed E-state index contributed by atoms with van der Waals surface area (Å²) in [6.07, 6.45) is 5.62. The summed E-state index contributed by atoms with van der Waals surface area (Å²) in [5.41, 5.74) is 0. The number of carbonyl (C=O) groups is 1. The fourth-order valence-electron chi connectivity index (χ4n) is 4.00. The first-order valence-electron chi connectivity index (χ1n) is 9.59. The van der Waals surface area contributed by atoms with Crippen molar-refractivity contribution in [1.29, 1.82) is 0 Å². The number of amides is 1. The molecule has 1 saturated carbocycles. The van der Waals surface area contributed by atoms with E-state index >= 15 is 0 Å². The highest BCUT2D eigenvalue weighted by Gasteiger charge is 2.33. The minimum atomic E-state index is 0.0932.